The van der Waals surface area contributed by atoms with Crippen molar-refractivity contribution in [2.75, 3.05) is 19.0 Å². The summed E-state index contributed by atoms with van der Waals surface area (Å²) < 4.78 is 5.21. The Morgan fingerprint density at radius 2 is 2.35 bits per heavy atom. The Hall–Kier alpha value is -2.83. The highest BCUT2D eigenvalue weighted by molar-refractivity contribution is 6.01. The van der Waals surface area contributed by atoms with E-state index in [0.717, 1.165) is 11.3 Å². The second-order valence-electron chi connectivity index (χ2n) is 5.38. The molecule has 1 aromatic heterocycles. The number of aromatic nitrogens is 2. The van der Waals surface area contributed by atoms with Crippen LogP contribution < -0.4 is 15.4 Å². The number of H-pyrrole nitrogens is 1. The molecule has 0 saturated carbocycles. The van der Waals surface area contributed by atoms with E-state index in [0.29, 0.717) is 24.4 Å². The van der Waals surface area contributed by atoms with Crippen LogP contribution in [0.3, 0.4) is 0 Å². The van der Waals surface area contributed by atoms with Gasteiger partial charge in [0.25, 0.3) is 0 Å². The van der Waals surface area contributed by atoms with E-state index in [9.17, 15) is 9.59 Å². The highest BCUT2D eigenvalue weighted by atomic mass is 16.5. The molecule has 2 amide bonds. The van der Waals surface area contributed by atoms with Gasteiger partial charge in [-0.2, -0.15) is 0 Å². The first-order valence-electron chi connectivity index (χ1n) is 7.40. The fourth-order valence-electron chi connectivity index (χ4n) is 2.67. The average Bonchev–Trinajstić information content (AvgIpc) is 3.07. The molecule has 7 nitrogen and oxygen atoms in total. The van der Waals surface area contributed by atoms with Crippen LogP contribution in [0.15, 0.2) is 30.7 Å². The summed E-state index contributed by atoms with van der Waals surface area (Å²) in [6.45, 7) is 0.485. The van der Waals surface area contributed by atoms with Gasteiger partial charge in [-0.15, -0.1) is 0 Å². The number of aromatic amines is 1. The molecule has 0 unspecified atom stereocenters. The molecule has 7 heteroatoms. The van der Waals surface area contributed by atoms with Gasteiger partial charge in [-0.3, -0.25) is 9.59 Å². The number of fused-ring (bicyclic) bond motifs is 1. The van der Waals surface area contributed by atoms with E-state index in [1.807, 2.05) is 0 Å². The Bertz CT molecular complexity index is 712. The molecule has 2 heterocycles. The van der Waals surface area contributed by atoms with Crippen molar-refractivity contribution in [3.05, 3.63) is 42.0 Å². The molecular formula is C16H18N4O3. The summed E-state index contributed by atoms with van der Waals surface area (Å²) in [5, 5.41) is 5.67. The van der Waals surface area contributed by atoms with E-state index in [4.69, 9.17) is 4.74 Å². The van der Waals surface area contributed by atoms with Crippen molar-refractivity contribution in [3.63, 3.8) is 0 Å². The molecule has 0 radical (unpaired) electrons. The van der Waals surface area contributed by atoms with Crippen molar-refractivity contribution in [2.24, 2.45) is 0 Å². The normalized spacial score (nSPS) is 16.4. The summed E-state index contributed by atoms with van der Waals surface area (Å²) in [5.74, 6) is -0.156. The summed E-state index contributed by atoms with van der Waals surface area (Å²) in [7, 11) is 1.57. The van der Waals surface area contributed by atoms with E-state index in [-0.39, 0.29) is 18.2 Å². The van der Waals surface area contributed by atoms with Gasteiger partial charge in [0.1, 0.15) is 5.75 Å². The molecule has 1 atom stereocenters. The second kappa shape index (κ2) is 6.51. The van der Waals surface area contributed by atoms with Crippen molar-refractivity contribution in [2.45, 2.75) is 18.8 Å². The Morgan fingerprint density at radius 3 is 3.09 bits per heavy atom. The van der Waals surface area contributed by atoms with Crippen LogP contribution in [0.5, 0.6) is 5.75 Å². The molecule has 3 N–H and O–H groups in total. The summed E-state index contributed by atoms with van der Waals surface area (Å²) in [4.78, 5) is 31.2. The van der Waals surface area contributed by atoms with E-state index in [1.165, 1.54) is 0 Å². The van der Waals surface area contributed by atoms with Crippen molar-refractivity contribution in [1.29, 1.82) is 0 Å². The molecule has 1 aromatic carbocycles. The minimum absolute atomic E-state index is 0.135. The third kappa shape index (κ3) is 3.33. The second-order valence-corrected chi connectivity index (χ2v) is 5.38. The van der Waals surface area contributed by atoms with Crippen LogP contribution in [-0.4, -0.2) is 35.4 Å². The smallest absolute Gasteiger partial charge is 0.228 e. The summed E-state index contributed by atoms with van der Waals surface area (Å²) in [6, 6.07) is 5.32. The standard InChI is InChI=1S/C16H18N4O3/c1-23-11-2-3-14-12(6-11)13(7-15(21)20-14)16(22)18-5-4-10-8-17-9-19-10/h2-3,6,8-9,13H,4-5,7H2,1H3,(H,17,19)(H,18,22)(H,20,21)/t13-/m0/s1. The number of ether oxygens (including phenoxy) is 1. The van der Waals surface area contributed by atoms with Gasteiger partial charge in [0.05, 0.1) is 19.4 Å². The Morgan fingerprint density at radius 1 is 1.48 bits per heavy atom. The SMILES string of the molecule is COc1ccc2c(c1)[C@@H](C(=O)NCCc1cnc[nH]1)CC(=O)N2. The number of hydrogen-bond acceptors (Lipinski definition) is 4. The first-order chi connectivity index (χ1) is 11.2. The number of hydrogen-bond donors (Lipinski definition) is 3. The molecule has 0 bridgehead atoms. The minimum atomic E-state index is -0.504. The van der Waals surface area contributed by atoms with Crippen LogP contribution in [0.1, 0.15) is 23.6 Å². The van der Waals surface area contributed by atoms with Crippen molar-refractivity contribution >= 4 is 17.5 Å². The molecule has 23 heavy (non-hydrogen) atoms. The van der Waals surface area contributed by atoms with Crippen LogP contribution in [0.2, 0.25) is 0 Å². The summed E-state index contributed by atoms with van der Waals surface area (Å²) in [6.07, 6.45) is 4.12. The lowest BCUT2D eigenvalue weighted by Gasteiger charge is -2.25. The third-order valence-electron chi connectivity index (χ3n) is 3.86. The molecule has 1 aliphatic rings. The predicted molar refractivity (Wildman–Crippen MR) is 84.3 cm³/mol. The quantitative estimate of drug-likeness (QED) is 0.773. The van der Waals surface area contributed by atoms with Crippen molar-refractivity contribution in [3.8, 4) is 5.75 Å². The van der Waals surface area contributed by atoms with Crippen LogP contribution >= 0.6 is 0 Å². The maximum atomic E-state index is 12.5. The van der Waals surface area contributed by atoms with Gasteiger partial charge >= 0.3 is 0 Å². The zero-order valence-electron chi connectivity index (χ0n) is 12.8. The Balaban J connectivity index is 1.71. The first-order valence-corrected chi connectivity index (χ1v) is 7.40. The van der Waals surface area contributed by atoms with Crippen molar-refractivity contribution in [1.82, 2.24) is 15.3 Å². The maximum absolute atomic E-state index is 12.5. The molecule has 1 aliphatic heterocycles. The van der Waals surface area contributed by atoms with Crippen LogP contribution in [-0.2, 0) is 16.0 Å². The molecule has 0 fully saturated rings. The molecule has 0 aliphatic carbocycles. The Labute approximate surface area is 133 Å². The zero-order chi connectivity index (χ0) is 16.2. The molecule has 0 saturated heterocycles. The Kier molecular flexibility index (Phi) is 4.27. The number of methoxy groups -OCH3 is 1. The van der Waals surface area contributed by atoms with Gasteiger partial charge in [0.15, 0.2) is 0 Å². The number of nitrogens with zero attached hydrogens (tertiary/aromatic N) is 1. The van der Waals surface area contributed by atoms with Crippen LogP contribution in [0.25, 0.3) is 0 Å². The average molecular weight is 314 g/mol. The lowest BCUT2D eigenvalue weighted by Crippen LogP contribution is -2.36. The lowest BCUT2D eigenvalue weighted by molar-refractivity contribution is -0.126. The van der Waals surface area contributed by atoms with Crippen LogP contribution in [0, 0.1) is 0 Å². The number of benzene rings is 1. The summed E-state index contributed by atoms with van der Waals surface area (Å²) >= 11 is 0. The van der Waals surface area contributed by atoms with Gasteiger partial charge in [0.2, 0.25) is 11.8 Å². The first kappa shape index (κ1) is 15.1. The molecular weight excluding hydrogens is 296 g/mol. The van der Waals surface area contributed by atoms with Gasteiger partial charge in [-0.1, -0.05) is 0 Å². The van der Waals surface area contributed by atoms with Gasteiger partial charge in [0, 0.05) is 37.0 Å². The van der Waals surface area contributed by atoms with E-state index in [2.05, 4.69) is 20.6 Å². The van der Waals surface area contributed by atoms with Crippen molar-refractivity contribution < 1.29 is 14.3 Å². The topological polar surface area (TPSA) is 96.1 Å². The minimum Gasteiger partial charge on any atom is -0.497 e. The van der Waals surface area contributed by atoms with Gasteiger partial charge < -0.3 is 20.4 Å². The molecule has 3 rings (SSSR count). The number of nitrogens with one attached hydrogen (secondary N) is 3. The predicted octanol–water partition coefficient (Wildman–Crippen LogP) is 1.20. The molecule has 2 aromatic rings. The van der Waals surface area contributed by atoms with Gasteiger partial charge in [-0.25, -0.2) is 4.98 Å². The van der Waals surface area contributed by atoms with E-state index >= 15 is 0 Å². The zero-order valence-corrected chi connectivity index (χ0v) is 12.8. The fraction of sp³-hybridized carbons (Fsp3) is 0.312. The fourth-order valence-corrected chi connectivity index (χ4v) is 2.67. The van der Waals surface area contributed by atoms with E-state index in [1.54, 1.807) is 37.8 Å². The number of carbonyl (C=O) groups is 2. The number of amides is 2. The number of anilines is 1. The lowest BCUT2D eigenvalue weighted by atomic mass is 9.89. The highest BCUT2D eigenvalue weighted by Crippen LogP contribution is 2.34. The highest BCUT2D eigenvalue weighted by Gasteiger charge is 2.30. The largest absolute Gasteiger partial charge is 0.497 e. The number of carbonyl (C=O) groups excluding carboxylic acids is 2. The van der Waals surface area contributed by atoms with Gasteiger partial charge in [-0.05, 0) is 23.8 Å². The molecule has 0 spiro atoms. The third-order valence-corrected chi connectivity index (χ3v) is 3.86. The van der Waals surface area contributed by atoms with E-state index < -0.39 is 5.92 Å². The summed E-state index contributed by atoms with van der Waals surface area (Å²) in [5.41, 5.74) is 2.40. The number of rotatable bonds is 5. The van der Waals surface area contributed by atoms with Crippen LogP contribution in [0.4, 0.5) is 5.69 Å². The monoisotopic (exact) mass is 314 g/mol. The maximum Gasteiger partial charge on any atom is 0.228 e. The molecule has 120 valence electrons. The number of imidazole rings is 1.